The number of aryl methyl sites for hydroxylation is 1. The Balaban J connectivity index is 2.59. The van der Waals surface area contributed by atoms with Crippen LogP contribution in [0.2, 0.25) is 0 Å². The Kier molecular flexibility index (Phi) is 1.89. The van der Waals surface area contributed by atoms with Gasteiger partial charge in [-0.05, 0) is 18.2 Å². The first kappa shape index (κ1) is 8.62. The summed E-state index contributed by atoms with van der Waals surface area (Å²) in [7, 11) is 1.95. The van der Waals surface area contributed by atoms with Crippen molar-refractivity contribution in [2.75, 3.05) is 5.32 Å². The summed E-state index contributed by atoms with van der Waals surface area (Å²) in [4.78, 5) is 10.7. The summed E-state index contributed by atoms with van der Waals surface area (Å²) in [6, 6.07) is 7.10. The van der Waals surface area contributed by atoms with Gasteiger partial charge in [0.1, 0.15) is 0 Å². The molecular formula is C10H11N3O. The second-order valence-corrected chi connectivity index (χ2v) is 3.15. The first-order valence-corrected chi connectivity index (χ1v) is 4.29. The molecule has 0 saturated heterocycles. The lowest BCUT2D eigenvalue weighted by Gasteiger charge is -2.03. The molecule has 1 heterocycles. The molecule has 0 spiro atoms. The van der Waals surface area contributed by atoms with Crippen LogP contribution in [0.1, 0.15) is 0 Å². The Bertz CT molecular complexity index is 487. The lowest BCUT2D eigenvalue weighted by Crippen LogP contribution is -2.19. The predicted octanol–water partition coefficient (Wildman–Crippen LogP) is 1.67. The third kappa shape index (κ3) is 1.31. The van der Waals surface area contributed by atoms with Crippen molar-refractivity contribution >= 4 is 22.6 Å². The molecule has 0 unspecified atom stereocenters. The van der Waals surface area contributed by atoms with E-state index < -0.39 is 6.03 Å². The first-order chi connectivity index (χ1) is 6.68. The Morgan fingerprint density at radius 1 is 1.43 bits per heavy atom. The summed E-state index contributed by atoms with van der Waals surface area (Å²) in [6.45, 7) is 0. The predicted molar refractivity (Wildman–Crippen MR) is 56.1 cm³/mol. The maximum atomic E-state index is 10.7. The van der Waals surface area contributed by atoms with Crippen molar-refractivity contribution in [2.45, 2.75) is 0 Å². The zero-order valence-corrected chi connectivity index (χ0v) is 7.82. The monoisotopic (exact) mass is 189 g/mol. The van der Waals surface area contributed by atoms with Gasteiger partial charge in [0.05, 0.1) is 5.69 Å². The Morgan fingerprint density at radius 2 is 2.21 bits per heavy atom. The number of nitrogens with one attached hydrogen (secondary N) is 1. The van der Waals surface area contributed by atoms with Crippen LogP contribution in [0, 0.1) is 0 Å². The molecule has 0 aliphatic carbocycles. The minimum Gasteiger partial charge on any atom is -0.351 e. The molecule has 0 radical (unpaired) electrons. The fourth-order valence-electron chi connectivity index (χ4n) is 1.54. The van der Waals surface area contributed by atoms with Crippen molar-refractivity contribution in [1.29, 1.82) is 0 Å². The molecule has 2 rings (SSSR count). The number of nitrogens with zero attached hydrogens (tertiary/aromatic N) is 1. The van der Waals surface area contributed by atoms with Crippen molar-refractivity contribution in [3.05, 3.63) is 30.5 Å². The van der Waals surface area contributed by atoms with Crippen LogP contribution in [-0.4, -0.2) is 10.6 Å². The molecule has 3 N–H and O–H groups in total. The van der Waals surface area contributed by atoms with E-state index >= 15 is 0 Å². The molecule has 0 fully saturated rings. The van der Waals surface area contributed by atoms with Gasteiger partial charge in [-0.3, -0.25) is 0 Å². The van der Waals surface area contributed by atoms with E-state index in [1.54, 1.807) is 0 Å². The number of anilines is 1. The van der Waals surface area contributed by atoms with Gasteiger partial charge in [0, 0.05) is 24.1 Å². The number of nitrogens with two attached hydrogens (primary N) is 1. The van der Waals surface area contributed by atoms with E-state index in [1.165, 1.54) is 0 Å². The number of fused-ring (bicyclic) bond motifs is 1. The molecule has 0 saturated carbocycles. The smallest absolute Gasteiger partial charge is 0.316 e. The standard InChI is InChI=1S/C10H11N3O/c1-13-6-5-7-8(12-10(11)14)3-2-4-9(7)13/h2-6H,1H3,(H3,11,12,14). The van der Waals surface area contributed by atoms with Gasteiger partial charge in [0.2, 0.25) is 0 Å². The van der Waals surface area contributed by atoms with E-state index in [4.69, 9.17) is 5.73 Å². The van der Waals surface area contributed by atoms with Crippen molar-refractivity contribution in [3.8, 4) is 0 Å². The highest BCUT2D eigenvalue weighted by Gasteiger charge is 2.04. The summed E-state index contributed by atoms with van der Waals surface area (Å²) < 4.78 is 1.99. The number of benzene rings is 1. The SMILES string of the molecule is Cn1ccc2c(NC(N)=O)cccc21. The number of hydrogen-bond donors (Lipinski definition) is 2. The lowest BCUT2D eigenvalue weighted by molar-refractivity contribution is 0.259. The van der Waals surface area contributed by atoms with Gasteiger partial charge in [0.25, 0.3) is 0 Å². The molecule has 14 heavy (non-hydrogen) atoms. The van der Waals surface area contributed by atoms with Crippen molar-refractivity contribution in [3.63, 3.8) is 0 Å². The fraction of sp³-hybridized carbons (Fsp3) is 0.100. The molecule has 0 aliphatic rings. The summed E-state index contributed by atoms with van der Waals surface area (Å²) in [6.07, 6.45) is 1.94. The lowest BCUT2D eigenvalue weighted by atomic mass is 10.2. The summed E-state index contributed by atoms with van der Waals surface area (Å²) >= 11 is 0. The highest BCUT2D eigenvalue weighted by Crippen LogP contribution is 2.23. The van der Waals surface area contributed by atoms with Crippen molar-refractivity contribution in [2.24, 2.45) is 12.8 Å². The molecule has 72 valence electrons. The third-order valence-corrected chi connectivity index (χ3v) is 2.19. The van der Waals surface area contributed by atoms with Crippen LogP contribution < -0.4 is 11.1 Å². The minimum atomic E-state index is -0.540. The maximum absolute atomic E-state index is 10.7. The molecule has 4 heteroatoms. The molecule has 2 amide bonds. The van der Waals surface area contributed by atoms with Gasteiger partial charge < -0.3 is 15.6 Å². The molecule has 1 aromatic heterocycles. The van der Waals surface area contributed by atoms with Crippen LogP contribution in [0.4, 0.5) is 10.5 Å². The van der Waals surface area contributed by atoms with Gasteiger partial charge in [-0.15, -0.1) is 0 Å². The van der Waals surface area contributed by atoms with Crippen molar-refractivity contribution in [1.82, 2.24) is 4.57 Å². The van der Waals surface area contributed by atoms with Crippen LogP contribution in [-0.2, 0) is 7.05 Å². The molecule has 2 aromatic rings. The van der Waals surface area contributed by atoms with E-state index in [-0.39, 0.29) is 0 Å². The van der Waals surface area contributed by atoms with Crippen LogP contribution in [0.15, 0.2) is 30.5 Å². The Morgan fingerprint density at radius 3 is 2.93 bits per heavy atom. The summed E-state index contributed by atoms with van der Waals surface area (Å²) in [5.74, 6) is 0. The topological polar surface area (TPSA) is 60.1 Å². The number of carbonyl (C=O) groups is 1. The third-order valence-electron chi connectivity index (χ3n) is 2.19. The van der Waals surface area contributed by atoms with Crippen LogP contribution in [0.25, 0.3) is 10.9 Å². The van der Waals surface area contributed by atoms with Crippen LogP contribution in [0.3, 0.4) is 0 Å². The number of urea groups is 1. The number of hydrogen-bond acceptors (Lipinski definition) is 1. The molecular weight excluding hydrogens is 178 g/mol. The van der Waals surface area contributed by atoms with Crippen LogP contribution >= 0.6 is 0 Å². The molecule has 1 aromatic carbocycles. The molecule has 4 nitrogen and oxygen atoms in total. The number of carbonyl (C=O) groups excluding carboxylic acids is 1. The molecule has 0 bridgehead atoms. The second kappa shape index (κ2) is 3.06. The normalized spacial score (nSPS) is 10.4. The summed E-state index contributed by atoms with van der Waals surface area (Å²) in [5.41, 5.74) is 6.88. The van der Waals surface area contributed by atoms with Gasteiger partial charge >= 0.3 is 6.03 Å². The van der Waals surface area contributed by atoms with Gasteiger partial charge in [-0.1, -0.05) is 6.07 Å². The number of aromatic nitrogens is 1. The second-order valence-electron chi connectivity index (χ2n) is 3.15. The zero-order chi connectivity index (χ0) is 10.1. The van der Waals surface area contributed by atoms with Crippen LogP contribution in [0.5, 0.6) is 0 Å². The number of amides is 2. The average Bonchev–Trinajstić information content (AvgIpc) is 2.49. The molecule has 0 aliphatic heterocycles. The van der Waals surface area contributed by atoms with E-state index in [0.717, 1.165) is 16.6 Å². The Hall–Kier alpha value is -1.97. The fourth-order valence-corrected chi connectivity index (χ4v) is 1.54. The first-order valence-electron chi connectivity index (χ1n) is 4.29. The van der Waals surface area contributed by atoms with Gasteiger partial charge in [0.15, 0.2) is 0 Å². The van der Waals surface area contributed by atoms with E-state index in [9.17, 15) is 4.79 Å². The number of rotatable bonds is 1. The van der Waals surface area contributed by atoms with Gasteiger partial charge in [-0.2, -0.15) is 0 Å². The molecule has 0 atom stereocenters. The van der Waals surface area contributed by atoms with Crippen molar-refractivity contribution < 1.29 is 4.79 Å². The number of primary amides is 1. The Labute approximate surface area is 81.3 Å². The van der Waals surface area contributed by atoms with Gasteiger partial charge in [-0.25, -0.2) is 4.79 Å². The van der Waals surface area contributed by atoms with E-state index in [0.29, 0.717) is 0 Å². The maximum Gasteiger partial charge on any atom is 0.316 e. The quantitative estimate of drug-likeness (QED) is 0.704. The highest BCUT2D eigenvalue weighted by molar-refractivity contribution is 6.00. The highest BCUT2D eigenvalue weighted by atomic mass is 16.2. The minimum absolute atomic E-state index is 0.540. The van der Waals surface area contributed by atoms with E-state index in [2.05, 4.69) is 5.32 Å². The average molecular weight is 189 g/mol. The largest absolute Gasteiger partial charge is 0.351 e. The van der Waals surface area contributed by atoms with E-state index in [1.807, 2.05) is 42.1 Å². The summed E-state index contributed by atoms with van der Waals surface area (Å²) in [5, 5.41) is 3.58. The zero-order valence-electron chi connectivity index (χ0n) is 7.82.